The zero-order chi connectivity index (χ0) is 8.72. The van der Waals surface area contributed by atoms with E-state index in [0.29, 0.717) is 5.82 Å². The molecule has 3 heteroatoms. The molecule has 0 saturated heterocycles. The van der Waals surface area contributed by atoms with Gasteiger partial charge in [-0.25, -0.2) is 4.98 Å². The third-order valence-corrected chi connectivity index (χ3v) is 3.40. The summed E-state index contributed by atoms with van der Waals surface area (Å²) < 4.78 is 0. The highest BCUT2D eigenvalue weighted by molar-refractivity contribution is 7.98. The number of nitrogens with two attached hydrogens (primary N) is 1. The van der Waals surface area contributed by atoms with Crippen molar-refractivity contribution in [2.45, 2.75) is 25.4 Å². The van der Waals surface area contributed by atoms with E-state index in [1.54, 1.807) is 0 Å². The van der Waals surface area contributed by atoms with Crippen LogP contribution in [0.3, 0.4) is 0 Å². The first-order valence-electron chi connectivity index (χ1n) is 4.02. The number of rotatable bonds is 0. The summed E-state index contributed by atoms with van der Waals surface area (Å²) >= 11 is 1.94. The minimum Gasteiger partial charge on any atom is -0.383 e. The van der Waals surface area contributed by atoms with Gasteiger partial charge in [0.25, 0.3) is 0 Å². The molecule has 0 saturated carbocycles. The maximum absolute atomic E-state index is 5.77. The third-order valence-electron chi connectivity index (χ3n) is 2.42. The van der Waals surface area contributed by atoms with Crippen LogP contribution in [0.5, 0.6) is 0 Å². The number of anilines is 1. The number of fused-ring (bicyclic) bond motifs is 1. The molecular weight excluding hydrogens is 168 g/mol. The highest BCUT2D eigenvalue weighted by Gasteiger charge is 2.18. The highest BCUT2D eigenvalue weighted by Crippen LogP contribution is 2.34. The molecule has 0 bridgehead atoms. The average molecular weight is 180 g/mol. The zero-order valence-corrected chi connectivity index (χ0v) is 8.16. The number of hydrogen-bond donors (Lipinski definition) is 1. The van der Waals surface area contributed by atoms with E-state index < -0.39 is 0 Å². The van der Waals surface area contributed by atoms with Crippen LogP contribution in [0.15, 0.2) is 0 Å². The van der Waals surface area contributed by atoms with Crippen LogP contribution in [0, 0.1) is 13.8 Å². The van der Waals surface area contributed by atoms with Crippen LogP contribution in [0.4, 0.5) is 5.82 Å². The van der Waals surface area contributed by atoms with E-state index in [0.717, 1.165) is 17.2 Å². The predicted octanol–water partition coefficient (Wildman–Crippen LogP) is 2.03. The topological polar surface area (TPSA) is 38.9 Å². The molecule has 0 amide bonds. The normalized spacial score (nSPS) is 14.8. The lowest BCUT2D eigenvalue weighted by molar-refractivity contribution is 1.10. The number of nitrogen functional groups attached to an aromatic ring is 1. The summed E-state index contributed by atoms with van der Waals surface area (Å²) in [5.41, 5.74) is 10.9. The zero-order valence-electron chi connectivity index (χ0n) is 7.35. The molecule has 0 unspecified atom stereocenters. The van der Waals surface area contributed by atoms with E-state index in [2.05, 4.69) is 11.9 Å². The standard InChI is InChI=1S/C9H12N2S/c1-5-7-3-12-4-8(7)6(2)11-9(5)10/h3-4H2,1-2H3,(H2,10,11). The fourth-order valence-electron chi connectivity index (χ4n) is 1.57. The highest BCUT2D eigenvalue weighted by atomic mass is 32.2. The Morgan fingerprint density at radius 3 is 2.67 bits per heavy atom. The van der Waals surface area contributed by atoms with E-state index in [-0.39, 0.29) is 0 Å². The first-order chi connectivity index (χ1) is 5.70. The third kappa shape index (κ3) is 1.00. The lowest BCUT2D eigenvalue weighted by Gasteiger charge is -2.08. The molecule has 2 nitrogen and oxygen atoms in total. The van der Waals surface area contributed by atoms with Gasteiger partial charge in [0.05, 0.1) is 0 Å². The lowest BCUT2D eigenvalue weighted by Crippen LogP contribution is -2.02. The maximum Gasteiger partial charge on any atom is 0.126 e. The number of aromatic nitrogens is 1. The monoisotopic (exact) mass is 180 g/mol. The lowest BCUT2D eigenvalue weighted by atomic mass is 10.0. The molecule has 0 fully saturated rings. The fourth-order valence-corrected chi connectivity index (χ4v) is 2.86. The van der Waals surface area contributed by atoms with Crippen LogP contribution in [-0.2, 0) is 11.5 Å². The largest absolute Gasteiger partial charge is 0.383 e. The van der Waals surface area contributed by atoms with Crippen molar-refractivity contribution in [1.82, 2.24) is 4.98 Å². The van der Waals surface area contributed by atoms with Crippen molar-refractivity contribution in [3.05, 3.63) is 22.4 Å². The van der Waals surface area contributed by atoms with Gasteiger partial charge in [-0.3, -0.25) is 0 Å². The molecule has 2 heterocycles. The second-order valence-corrected chi connectivity index (χ2v) is 4.14. The van der Waals surface area contributed by atoms with Crippen LogP contribution >= 0.6 is 11.8 Å². The summed E-state index contributed by atoms with van der Waals surface area (Å²) in [6.07, 6.45) is 0. The molecule has 1 aromatic heterocycles. The number of aryl methyl sites for hydroxylation is 1. The van der Waals surface area contributed by atoms with Gasteiger partial charge < -0.3 is 5.73 Å². The smallest absolute Gasteiger partial charge is 0.126 e. The molecule has 0 spiro atoms. The van der Waals surface area contributed by atoms with Gasteiger partial charge in [0.15, 0.2) is 0 Å². The van der Waals surface area contributed by atoms with E-state index in [1.807, 2.05) is 18.7 Å². The average Bonchev–Trinajstić information content (AvgIpc) is 2.48. The Labute approximate surface area is 76.6 Å². The molecule has 0 aromatic carbocycles. The van der Waals surface area contributed by atoms with E-state index in [9.17, 15) is 0 Å². The van der Waals surface area contributed by atoms with Crippen LogP contribution in [0.1, 0.15) is 22.4 Å². The Bertz CT molecular complexity index is 334. The summed E-state index contributed by atoms with van der Waals surface area (Å²) in [7, 11) is 0. The Hall–Kier alpha value is -0.700. The van der Waals surface area contributed by atoms with Gasteiger partial charge in [-0.1, -0.05) is 0 Å². The van der Waals surface area contributed by atoms with Crippen LogP contribution < -0.4 is 5.73 Å². The second-order valence-electron chi connectivity index (χ2n) is 3.16. The van der Waals surface area contributed by atoms with Crippen molar-refractivity contribution in [3.8, 4) is 0 Å². The predicted molar refractivity (Wildman–Crippen MR) is 53.1 cm³/mol. The van der Waals surface area contributed by atoms with E-state index >= 15 is 0 Å². The van der Waals surface area contributed by atoms with Gasteiger partial charge in [0.1, 0.15) is 5.82 Å². The van der Waals surface area contributed by atoms with Gasteiger partial charge in [-0.15, -0.1) is 0 Å². The van der Waals surface area contributed by atoms with Crippen molar-refractivity contribution >= 4 is 17.6 Å². The molecule has 12 heavy (non-hydrogen) atoms. The van der Waals surface area contributed by atoms with Crippen molar-refractivity contribution in [2.24, 2.45) is 0 Å². The van der Waals surface area contributed by atoms with Crippen molar-refractivity contribution in [2.75, 3.05) is 5.73 Å². The van der Waals surface area contributed by atoms with Gasteiger partial charge in [0, 0.05) is 17.2 Å². The SMILES string of the molecule is Cc1nc(N)c(C)c2c1CSC2. The minimum absolute atomic E-state index is 0.703. The summed E-state index contributed by atoms with van der Waals surface area (Å²) in [6, 6.07) is 0. The Morgan fingerprint density at radius 2 is 1.92 bits per heavy atom. The molecule has 1 aromatic rings. The van der Waals surface area contributed by atoms with Crippen molar-refractivity contribution < 1.29 is 0 Å². The number of nitrogens with zero attached hydrogens (tertiary/aromatic N) is 1. The molecule has 0 aliphatic carbocycles. The summed E-state index contributed by atoms with van der Waals surface area (Å²) in [5.74, 6) is 2.91. The Balaban J connectivity index is 2.69. The molecular formula is C9H12N2S. The quantitative estimate of drug-likeness (QED) is 0.664. The van der Waals surface area contributed by atoms with Gasteiger partial charge in [-0.05, 0) is 30.5 Å². The van der Waals surface area contributed by atoms with E-state index in [4.69, 9.17) is 5.73 Å². The molecule has 1 aliphatic heterocycles. The van der Waals surface area contributed by atoms with E-state index in [1.165, 1.54) is 16.7 Å². The Morgan fingerprint density at radius 1 is 1.25 bits per heavy atom. The second kappa shape index (κ2) is 2.66. The first kappa shape index (κ1) is 7.92. The molecule has 0 atom stereocenters. The number of pyridine rings is 1. The number of hydrogen-bond acceptors (Lipinski definition) is 3. The molecule has 2 rings (SSSR count). The summed E-state index contributed by atoms with van der Waals surface area (Å²) in [4.78, 5) is 4.31. The minimum atomic E-state index is 0.703. The molecule has 1 aliphatic rings. The van der Waals surface area contributed by atoms with Gasteiger partial charge >= 0.3 is 0 Å². The molecule has 64 valence electrons. The van der Waals surface area contributed by atoms with Crippen LogP contribution in [0.25, 0.3) is 0 Å². The van der Waals surface area contributed by atoms with Gasteiger partial charge in [-0.2, -0.15) is 11.8 Å². The fraction of sp³-hybridized carbons (Fsp3) is 0.444. The van der Waals surface area contributed by atoms with Crippen LogP contribution in [-0.4, -0.2) is 4.98 Å². The summed E-state index contributed by atoms with van der Waals surface area (Å²) in [6.45, 7) is 4.10. The van der Waals surface area contributed by atoms with Crippen molar-refractivity contribution in [1.29, 1.82) is 0 Å². The molecule has 0 radical (unpaired) electrons. The van der Waals surface area contributed by atoms with Crippen LogP contribution in [0.2, 0.25) is 0 Å². The van der Waals surface area contributed by atoms with Gasteiger partial charge in [0.2, 0.25) is 0 Å². The summed E-state index contributed by atoms with van der Waals surface area (Å²) in [5, 5.41) is 0. The number of thioether (sulfide) groups is 1. The van der Waals surface area contributed by atoms with Crippen molar-refractivity contribution in [3.63, 3.8) is 0 Å². The first-order valence-corrected chi connectivity index (χ1v) is 5.18. The Kier molecular flexibility index (Phi) is 1.76. The maximum atomic E-state index is 5.77. The molecule has 2 N–H and O–H groups in total.